The number of hydrogen-bond acceptors (Lipinski definition) is 6. The highest BCUT2D eigenvalue weighted by Crippen LogP contribution is 2.18. The molecule has 27 heavy (non-hydrogen) atoms. The van der Waals surface area contributed by atoms with E-state index in [4.69, 9.17) is 4.74 Å². The topological polar surface area (TPSA) is 62.7 Å². The van der Waals surface area contributed by atoms with Crippen molar-refractivity contribution in [3.05, 3.63) is 59.9 Å². The van der Waals surface area contributed by atoms with Crippen molar-refractivity contribution in [2.75, 3.05) is 44.7 Å². The number of methoxy groups -OCH3 is 1. The number of ether oxygens (including phenoxy) is 1. The van der Waals surface area contributed by atoms with E-state index in [0.717, 1.165) is 31.7 Å². The van der Waals surface area contributed by atoms with Gasteiger partial charge in [-0.1, -0.05) is 24.3 Å². The lowest BCUT2D eigenvalue weighted by Crippen LogP contribution is -2.48. The Morgan fingerprint density at radius 1 is 1.04 bits per heavy atom. The first-order valence-electron chi connectivity index (χ1n) is 9.17. The number of hydrogen-bond donors (Lipinski definition) is 0. The summed E-state index contributed by atoms with van der Waals surface area (Å²) in [6.45, 7) is 5.71. The molecule has 0 bridgehead atoms. The van der Waals surface area contributed by atoms with Crippen LogP contribution in [0.1, 0.15) is 28.8 Å². The molecule has 6 nitrogen and oxygen atoms in total. The number of rotatable bonds is 6. The molecule has 2 aromatic rings. The fourth-order valence-corrected chi connectivity index (χ4v) is 3.28. The molecule has 1 aliphatic rings. The van der Waals surface area contributed by atoms with Crippen molar-refractivity contribution in [3.63, 3.8) is 0 Å². The number of benzene rings is 1. The zero-order chi connectivity index (χ0) is 19.2. The number of carbonyl (C=O) groups is 2. The third-order valence-electron chi connectivity index (χ3n) is 5.05. The van der Waals surface area contributed by atoms with Crippen molar-refractivity contribution in [2.45, 2.75) is 12.8 Å². The molecular weight excluding hydrogens is 342 g/mol. The molecule has 0 aliphatic carbocycles. The molecule has 1 fully saturated rings. The highest BCUT2D eigenvalue weighted by Gasteiger charge is 2.20. The predicted molar refractivity (Wildman–Crippen MR) is 104 cm³/mol. The summed E-state index contributed by atoms with van der Waals surface area (Å²) in [5.74, 6) is -0.508. The molecule has 0 spiro atoms. The number of carbonyl (C=O) groups excluding carboxylic acids is 2. The second kappa shape index (κ2) is 8.77. The molecule has 3 rings (SSSR count). The van der Waals surface area contributed by atoms with Crippen molar-refractivity contribution in [2.24, 2.45) is 0 Å². The lowest BCUT2D eigenvalue weighted by molar-refractivity contribution is -0.141. The standard InChI is InChI=1S/C21H25N3O3/c1-16(21(26)27-2)17-3-5-18(6-4-17)20(25)15-23-11-13-24(14-12-23)19-7-9-22-10-8-19/h3-10,16H,11-15H2,1-2H3. The van der Waals surface area contributed by atoms with Gasteiger partial charge in [0.2, 0.25) is 0 Å². The summed E-state index contributed by atoms with van der Waals surface area (Å²) in [6, 6.07) is 11.3. The maximum Gasteiger partial charge on any atom is 0.312 e. The van der Waals surface area contributed by atoms with Crippen LogP contribution in [0.25, 0.3) is 0 Å². The molecule has 6 heteroatoms. The molecule has 0 radical (unpaired) electrons. The molecule has 1 aliphatic heterocycles. The number of pyridine rings is 1. The SMILES string of the molecule is COC(=O)C(C)c1ccc(C(=O)CN2CCN(c3ccncc3)CC2)cc1. The van der Waals surface area contributed by atoms with E-state index >= 15 is 0 Å². The van der Waals surface area contributed by atoms with Crippen LogP contribution in [0.2, 0.25) is 0 Å². The van der Waals surface area contributed by atoms with Gasteiger partial charge in [-0.2, -0.15) is 0 Å². The minimum absolute atomic E-state index is 0.102. The first-order valence-corrected chi connectivity index (χ1v) is 9.17. The van der Waals surface area contributed by atoms with E-state index < -0.39 is 0 Å². The average molecular weight is 367 g/mol. The van der Waals surface area contributed by atoms with Crippen molar-refractivity contribution in [3.8, 4) is 0 Å². The number of piperazine rings is 1. The Labute approximate surface area is 159 Å². The van der Waals surface area contributed by atoms with Crippen LogP contribution in [0, 0.1) is 0 Å². The van der Waals surface area contributed by atoms with E-state index in [1.54, 1.807) is 31.5 Å². The van der Waals surface area contributed by atoms with Crippen LogP contribution in [0.3, 0.4) is 0 Å². The number of Topliss-reactive ketones (excluding diaryl/α,β-unsaturated/α-hetero) is 1. The number of anilines is 1. The van der Waals surface area contributed by atoms with Gasteiger partial charge in [0, 0.05) is 49.8 Å². The Hall–Kier alpha value is -2.73. The summed E-state index contributed by atoms with van der Waals surface area (Å²) in [5.41, 5.74) is 2.70. The summed E-state index contributed by atoms with van der Waals surface area (Å²) in [6.07, 6.45) is 3.60. The zero-order valence-electron chi connectivity index (χ0n) is 15.8. The first kappa shape index (κ1) is 19.0. The number of aromatic nitrogens is 1. The fraction of sp³-hybridized carbons (Fsp3) is 0.381. The molecule has 1 aromatic carbocycles. The third kappa shape index (κ3) is 4.71. The van der Waals surface area contributed by atoms with E-state index in [9.17, 15) is 9.59 Å². The van der Waals surface area contributed by atoms with Gasteiger partial charge in [-0.15, -0.1) is 0 Å². The molecule has 0 amide bonds. The van der Waals surface area contributed by atoms with Crippen LogP contribution >= 0.6 is 0 Å². The summed E-state index contributed by atoms with van der Waals surface area (Å²) in [5, 5.41) is 0. The average Bonchev–Trinajstić information content (AvgIpc) is 2.74. The summed E-state index contributed by atoms with van der Waals surface area (Å²) < 4.78 is 4.77. The molecular formula is C21H25N3O3. The number of esters is 1. The first-order chi connectivity index (χ1) is 13.1. The van der Waals surface area contributed by atoms with Crippen LogP contribution in [0.4, 0.5) is 5.69 Å². The van der Waals surface area contributed by atoms with Crippen molar-refractivity contribution >= 4 is 17.4 Å². The van der Waals surface area contributed by atoms with Crippen LogP contribution in [0.5, 0.6) is 0 Å². The van der Waals surface area contributed by atoms with E-state index in [-0.39, 0.29) is 17.7 Å². The van der Waals surface area contributed by atoms with Crippen LogP contribution in [-0.4, -0.2) is 61.5 Å². The summed E-state index contributed by atoms with van der Waals surface area (Å²) in [4.78, 5) is 32.7. The van der Waals surface area contributed by atoms with Gasteiger partial charge in [-0.05, 0) is 24.6 Å². The molecule has 1 saturated heterocycles. The van der Waals surface area contributed by atoms with E-state index in [1.165, 1.54) is 12.8 Å². The van der Waals surface area contributed by atoms with Crippen LogP contribution in [0.15, 0.2) is 48.8 Å². The number of ketones is 1. The minimum atomic E-state index is -0.333. The minimum Gasteiger partial charge on any atom is -0.469 e. The maximum absolute atomic E-state index is 12.6. The Bertz CT molecular complexity index is 769. The Balaban J connectivity index is 1.53. The Morgan fingerprint density at radius 3 is 2.26 bits per heavy atom. The second-order valence-electron chi connectivity index (χ2n) is 6.76. The van der Waals surface area contributed by atoms with Crippen LogP contribution in [-0.2, 0) is 9.53 Å². The highest BCUT2D eigenvalue weighted by molar-refractivity contribution is 5.97. The molecule has 1 unspecified atom stereocenters. The second-order valence-corrected chi connectivity index (χ2v) is 6.76. The largest absolute Gasteiger partial charge is 0.469 e. The fourth-order valence-electron chi connectivity index (χ4n) is 3.28. The number of nitrogens with zero attached hydrogens (tertiary/aromatic N) is 3. The maximum atomic E-state index is 12.6. The van der Waals surface area contributed by atoms with Gasteiger partial charge in [0.25, 0.3) is 0 Å². The Kier molecular flexibility index (Phi) is 6.19. The Morgan fingerprint density at radius 2 is 1.67 bits per heavy atom. The van der Waals surface area contributed by atoms with Gasteiger partial charge in [0.1, 0.15) is 0 Å². The zero-order valence-corrected chi connectivity index (χ0v) is 15.8. The van der Waals surface area contributed by atoms with Gasteiger partial charge in [-0.3, -0.25) is 19.5 Å². The lowest BCUT2D eigenvalue weighted by atomic mass is 9.99. The van der Waals surface area contributed by atoms with E-state index in [2.05, 4.69) is 14.8 Å². The molecule has 1 aromatic heterocycles. The molecule has 0 saturated carbocycles. The smallest absolute Gasteiger partial charge is 0.312 e. The summed E-state index contributed by atoms with van der Waals surface area (Å²) >= 11 is 0. The van der Waals surface area contributed by atoms with E-state index in [1.807, 2.05) is 24.3 Å². The molecule has 2 heterocycles. The van der Waals surface area contributed by atoms with Gasteiger partial charge in [-0.25, -0.2) is 0 Å². The summed E-state index contributed by atoms with van der Waals surface area (Å²) in [7, 11) is 1.38. The van der Waals surface area contributed by atoms with Gasteiger partial charge in [0.05, 0.1) is 19.6 Å². The van der Waals surface area contributed by atoms with Crippen molar-refractivity contribution in [1.29, 1.82) is 0 Å². The quantitative estimate of drug-likeness (QED) is 0.577. The predicted octanol–water partition coefficient (Wildman–Crippen LogP) is 2.36. The molecule has 0 N–H and O–H groups in total. The van der Waals surface area contributed by atoms with Gasteiger partial charge >= 0.3 is 5.97 Å². The normalized spacial score (nSPS) is 16.0. The van der Waals surface area contributed by atoms with Crippen LogP contribution < -0.4 is 4.90 Å². The molecule has 1 atom stereocenters. The highest BCUT2D eigenvalue weighted by atomic mass is 16.5. The van der Waals surface area contributed by atoms with Crippen molar-refractivity contribution in [1.82, 2.24) is 9.88 Å². The van der Waals surface area contributed by atoms with Gasteiger partial charge < -0.3 is 9.64 Å². The molecule has 142 valence electrons. The van der Waals surface area contributed by atoms with E-state index in [0.29, 0.717) is 12.1 Å². The third-order valence-corrected chi connectivity index (χ3v) is 5.05. The monoisotopic (exact) mass is 367 g/mol. The van der Waals surface area contributed by atoms with Crippen molar-refractivity contribution < 1.29 is 14.3 Å². The van der Waals surface area contributed by atoms with Gasteiger partial charge in [0.15, 0.2) is 5.78 Å². The lowest BCUT2D eigenvalue weighted by Gasteiger charge is -2.35.